The van der Waals surface area contributed by atoms with Crippen LogP contribution in [0, 0.1) is 0 Å². The molecule has 0 bridgehead atoms. The second kappa shape index (κ2) is 4.42. The zero-order valence-corrected chi connectivity index (χ0v) is 10.5. The molecule has 1 aliphatic carbocycles. The highest BCUT2D eigenvalue weighted by Gasteiger charge is 2.39. The summed E-state index contributed by atoms with van der Waals surface area (Å²) in [6, 6.07) is 10.5. The van der Waals surface area contributed by atoms with Crippen molar-refractivity contribution in [3.05, 3.63) is 47.0 Å². The average molecular weight is 259 g/mol. The van der Waals surface area contributed by atoms with Gasteiger partial charge < -0.3 is 11.1 Å². The lowest BCUT2D eigenvalue weighted by atomic mass is 10.1. The van der Waals surface area contributed by atoms with Gasteiger partial charge in [-0.05, 0) is 12.0 Å². The fourth-order valence-electron chi connectivity index (χ4n) is 2.06. The molecule has 18 heavy (non-hydrogen) atoms. The predicted octanol–water partition coefficient (Wildman–Crippen LogP) is 2.01. The van der Waals surface area contributed by atoms with Gasteiger partial charge >= 0.3 is 0 Å². The van der Waals surface area contributed by atoms with Crippen LogP contribution in [-0.4, -0.2) is 16.9 Å². The van der Waals surface area contributed by atoms with Crippen LogP contribution in [-0.2, 0) is 0 Å². The number of thiazole rings is 1. The molecule has 0 radical (unpaired) electrons. The molecule has 4 nitrogen and oxygen atoms in total. The van der Waals surface area contributed by atoms with E-state index in [2.05, 4.69) is 22.4 Å². The second-order valence-electron chi connectivity index (χ2n) is 4.40. The number of nitrogens with two attached hydrogens (primary N) is 1. The number of carbonyl (C=O) groups excluding carboxylic acids is 1. The van der Waals surface area contributed by atoms with E-state index in [1.807, 2.05) is 18.2 Å². The molecule has 1 aromatic carbocycles. The van der Waals surface area contributed by atoms with Gasteiger partial charge in [0, 0.05) is 17.3 Å². The first-order valence-electron chi connectivity index (χ1n) is 5.81. The van der Waals surface area contributed by atoms with E-state index in [0.717, 1.165) is 6.42 Å². The first-order chi connectivity index (χ1) is 8.74. The second-order valence-corrected chi connectivity index (χ2v) is 5.29. The van der Waals surface area contributed by atoms with Crippen molar-refractivity contribution in [1.29, 1.82) is 0 Å². The van der Waals surface area contributed by atoms with Crippen molar-refractivity contribution in [3.63, 3.8) is 0 Å². The molecule has 0 spiro atoms. The SMILES string of the molecule is Nc1nc(C(=O)N[C@@H]2C[C@H]2c2ccccc2)cs1. The van der Waals surface area contributed by atoms with Crippen molar-refractivity contribution in [2.45, 2.75) is 18.4 Å². The lowest BCUT2D eigenvalue weighted by molar-refractivity contribution is 0.0946. The Kier molecular flexibility index (Phi) is 2.76. The summed E-state index contributed by atoms with van der Waals surface area (Å²) < 4.78 is 0. The maximum absolute atomic E-state index is 11.9. The van der Waals surface area contributed by atoms with Crippen LogP contribution in [0.2, 0.25) is 0 Å². The zero-order valence-electron chi connectivity index (χ0n) is 9.67. The van der Waals surface area contributed by atoms with Crippen LogP contribution in [0.1, 0.15) is 28.4 Å². The summed E-state index contributed by atoms with van der Waals surface area (Å²) in [6.45, 7) is 0. The van der Waals surface area contributed by atoms with Gasteiger partial charge in [0.05, 0.1) is 0 Å². The van der Waals surface area contributed by atoms with Gasteiger partial charge in [0.2, 0.25) is 0 Å². The Morgan fingerprint density at radius 3 is 2.83 bits per heavy atom. The number of hydrogen-bond donors (Lipinski definition) is 2. The minimum Gasteiger partial charge on any atom is -0.375 e. The van der Waals surface area contributed by atoms with Crippen LogP contribution in [0.3, 0.4) is 0 Å². The third-order valence-electron chi connectivity index (χ3n) is 3.09. The number of nitrogens with zero attached hydrogens (tertiary/aromatic N) is 1. The van der Waals surface area contributed by atoms with E-state index < -0.39 is 0 Å². The number of rotatable bonds is 3. The molecule has 1 saturated carbocycles. The van der Waals surface area contributed by atoms with Gasteiger partial charge in [-0.3, -0.25) is 4.79 Å². The number of benzene rings is 1. The summed E-state index contributed by atoms with van der Waals surface area (Å²) in [7, 11) is 0. The number of anilines is 1. The van der Waals surface area contributed by atoms with Gasteiger partial charge in [0.1, 0.15) is 5.69 Å². The molecule has 3 N–H and O–H groups in total. The molecule has 0 unspecified atom stereocenters. The smallest absolute Gasteiger partial charge is 0.271 e. The number of aromatic nitrogens is 1. The van der Waals surface area contributed by atoms with Crippen LogP contribution in [0.25, 0.3) is 0 Å². The van der Waals surface area contributed by atoms with E-state index >= 15 is 0 Å². The number of nitrogens with one attached hydrogen (secondary N) is 1. The maximum Gasteiger partial charge on any atom is 0.271 e. The highest BCUT2D eigenvalue weighted by atomic mass is 32.1. The Bertz CT molecular complexity index is 567. The molecule has 0 saturated heterocycles. The molecule has 0 aliphatic heterocycles. The Hall–Kier alpha value is -1.88. The largest absolute Gasteiger partial charge is 0.375 e. The fraction of sp³-hybridized carbons (Fsp3) is 0.231. The van der Waals surface area contributed by atoms with Gasteiger partial charge in [0.25, 0.3) is 5.91 Å². The van der Waals surface area contributed by atoms with Crippen molar-refractivity contribution in [2.24, 2.45) is 0 Å². The Labute approximate surface area is 109 Å². The van der Waals surface area contributed by atoms with E-state index in [0.29, 0.717) is 16.7 Å². The zero-order chi connectivity index (χ0) is 12.5. The van der Waals surface area contributed by atoms with Crippen molar-refractivity contribution < 1.29 is 4.79 Å². The van der Waals surface area contributed by atoms with Gasteiger partial charge in [-0.2, -0.15) is 0 Å². The minimum atomic E-state index is -0.133. The van der Waals surface area contributed by atoms with Crippen molar-refractivity contribution >= 4 is 22.4 Å². The summed E-state index contributed by atoms with van der Waals surface area (Å²) in [6.07, 6.45) is 0.995. The van der Waals surface area contributed by atoms with E-state index in [1.165, 1.54) is 16.9 Å². The standard InChI is InChI=1S/C13H13N3OS/c14-13-16-11(7-18-13)12(17)15-10-6-9(10)8-4-2-1-3-5-8/h1-5,7,9-10H,6H2,(H2,14,16)(H,15,17)/t9-,10+/m0/s1. The molecule has 2 atom stereocenters. The van der Waals surface area contributed by atoms with Gasteiger partial charge in [-0.15, -0.1) is 11.3 Å². The van der Waals surface area contributed by atoms with Gasteiger partial charge in [-0.25, -0.2) is 4.98 Å². The molecular weight excluding hydrogens is 246 g/mol. The lowest BCUT2D eigenvalue weighted by Gasteiger charge is -2.02. The van der Waals surface area contributed by atoms with Crippen LogP contribution in [0.4, 0.5) is 5.13 Å². The van der Waals surface area contributed by atoms with Gasteiger partial charge in [0.15, 0.2) is 5.13 Å². The topological polar surface area (TPSA) is 68.0 Å². The van der Waals surface area contributed by atoms with Crippen LogP contribution in [0.5, 0.6) is 0 Å². The van der Waals surface area contributed by atoms with Crippen LogP contribution in [0.15, 0.2) is 35.7 Å². The quantitative estimate of drug-likeness (QED) is 0.886. The summed E-state index contributed by atoms with van der Waals surface area (Å²) in [5, 5.41) is 5.09. The molecule has 2 aromatic rings. The number of nitrogen functional groups attached to an aromatic ring is 1. The molecular formula is C13H13N3OS. The number of hydrogen-bond acceptors (Lipinski definition) is 4. The summed E-state index contributed by atoms with van der Waals surface area (Å²) in [4.78, 5) is 15.8. The van der Waals surface area contributed by atoms with E-state index in [9.17, 15) is 4.79 Å². The fourth-order valence-corrected chi connectivity index (χ4v) is 2.60. The Morgan fingerprint density at radius 1 is 1.39 bits per heavy atom. The van der Waals surface area contributed by atoms with Crippen LogP contribution >= 0.6 is 11.3 Å². The molecule has 1 aromatic heterocycles. The van der Waals surface area contributed by atoms with Gasteiger partial charge in [-0.1, -0.05) is 30.3 Å². The molecule has 5 heteroatoms. The van der Waals surface area contributed by atoms with Crippen molar-refractivity contribution in [2.75, 3.05) is 5.73 Å². The van der Waals surface area contributed by atoms with E-state index in [1.54, 1.807) is 5.38 Å². The first-order valence-corrected chi connectivity index (χ1v) is 6.69. The van der Waals surface area contributed by atoms with Crippen LogP contribution < -0.4 is 11.1 Å². The highest BCUT2D eigenvalue weighted by molar-refractivity contribution is 7.13. The molecule has 1 heterocycles. The molecule has 1 aliphatic rings. The molecule has 1 fully saturated rings. The molecule has 3 rings (SSSR count). The molecule has 1 amide bonds. The van der Waals surface area contributed by atoms with Crippen molar-refractivity contribution in [1.82, 2.24) is 10.3 Å². The summed E-state index contributed by atoms with van der Waals surface area (Å²) in [5.74, 6) is 0.303. The maximum atomic E-state index is 11.9. The normalized spacial score (nSPS) is 21.6. The average Bonchev–Trinajstić information content (AvgIpc) is 3.01. The van der Waals surface area contributed by atoms with E-state index in [4.69, 9.17) is 5.73 Å². The Morgan fingerprint density at radius 2 is 2.17 bits per heavy atom. The third kappa shape index (κ3) is 2.22. The van der Waals surface area contributed by atoms with Crippen molar-refractivity contribution in [3.8, 4) is 0 Å². The van der Waals surface area contributed by atoms with E-state index in [-0.39, 0.29) is 11.9 Å². The Balaban J connectivity index is 1.62. The molecule has 92 valence electrons. The highest BCUT2D eigenvalue weighted by Crippen LogP contribution is 2.40. The minimum absolute atomic E-state index is 0.133. The third-order valence-corrected chi connectivity index (χ3v) is 3.76. The summed E-state index contributed by atoms with van der Waals surface area (Å²) in [5.41, 5.74) is 7.20. The number of amides is 1. The summed E-state index contributed by atoms with van der Waals surface area (Å²) >= 11 is 1.28. The lowest BCUT2D eigenvalue weighted by Crippen LogP contribution is -2.26. The number of carbonyl (C=O) groups is 1. The first kappa shape index (κ1) is 11.2. The predicted molar refractivity (Wildman–Crippen MR) is 71.6 cm³/mol. The monoisotopic (exact) mass is 259 g/mol.